The number of halogens is 3. The number of rotatable bonds is 8. The lowest BCUT2D eigenvalue weighted by Crippen LogP contribution is -2.28. The lowest BCUT2D eigenvalue weighted by Gasteiger charge is -2.20. The molecule has 1 aliphatic rings. The summed E-state index contributed by atoms with van der Waals surface area (Å²) in [6.45, 7) is 1.03. The molecule has 0 unspecified atom stereocenters. The first kappa shape index (κ1) is 24.1. The van der Waals surface area contributed by atoms with Crippen molar-refractivity contribution in [1.82, 2.24) is 9.21 Å². The smallest absolute Gasteiger partial charge is 0.405 e. The number of ether oxygens (including phenoxy) is 1. The molecule has 32 heavy (non-hydrogen) atoms. The van der Waals surface area contributed by atoms with Crippen LogP contribution in [-0.2, 0) is 27.8 Å². The van der Waals surface area contributed by atoms with Crippen LogP contribution < -0.4 is 4.74 Å². The fourth-order valence-corrected chi connectivity index (χ4v) is 5.07. The van der Waals surface area contributed by atoms with Crippen molar-refractivity contribution in [2.75, 3.05) is 20.1 Å². The zero-order valence-electron chi connectivity index (χ0n) is 17.6. The Balaban J connectivity index is 1.57. The van der Waals surface area contributed by atoms with E-state index >= 15 is 0 Å². The van der Waals surface area contributed by atoms with Crippen LogP contribution in [0.5, 0.6) is 5.75 Å². The quantitative estimate of drug-likeness (QED) is 0.586. The van der Waals surface area contributed by atoms with Gasteiger partial charge in [0.2, 0.25) is 15.9 Å². The van der Waals surface area contributed by atoms with E-state index in [1.807, 2.05) is 0 Å². The maximum atomic E-state index is 12.6. The van der Waals surface area contributed by atoms with Crippen molar-refractivity contribution in [1.29, 1.82) is 0 Å². The number of alkyl halides is 3. The van der Waals surface area contributed by atoms with Gasteiger partial charge in [0.05, 0.1) is 4.90 Å². The predicted octanol–water partition coefficient (Wildman–Crippen LogP) is 3.96. The van der Waals surface area contributed by atoms with Crippen molar-refractivity contribution in [3.05, 3.63) is 59.7 Å². The van der Waals surface area contributed by atoms with Gasteiger partial charge in [0.1, 0.15) is 5.75 Å². The molecule has 10 heteroatoms. The predicted molar refractivity (Wildman–Crippen MR) is 112 cm³/mol. The summed E-state index contributed by atoms with van der Waals surface area (Å²) >= 11 is 0. The summed E-state index contributed by atoms with van der Waals surface area (Å²) in [4.78, 5) is 14.0. The average molecular weight is 471 g/mol. The van der Waals surface area contributed by atoms with E-state index in [1.54, 1.807) is 30.3 Å². The lowest BCUT2D eigenvalue weighted by atomic mass is 10.1. The third-order valence-electron chi connectivity index (χ3n) is 5.29. The van der Waals surface area contributed by atoms with Gasteiger partial charge in [-0.15, -0.1) is 13.2 Å². The highest BCUT2D eigenvalue weighted by Crippen LogP contribution is 2.27. The maximum absolute atomic E-state index is 12.6. The van der Waals surface area contributed by atoms with E-state index in [1.165, 1.54) is 34.5 Å². The number of nitrogens with zero attached hydrogens (tertiary/aromatic N) is 2. The van der Waals surface area contributed by atoms with Crippen LogP contribution >= 0.6 is 0 Å². The van der Waals surface area contributed by atoms with Gasteiger partial charge in [0.15, 0.2) is 0 Å². The topological polar surface area (TPSA) is 66.9 Å². The Morgan fingerprint density at radius 3 is 2.31 bits per heavy atom. The Kier molecular flexibility index (Phi) is 7.45. The van der Waals surface area contributed by atoms with Crippen molar-refractivity contribution in [3.8, 4) is 5.75 Å². The van der Waals surface area contributed by atoms with Crippen molar-refractivity contribution in [2.24, 2.45) is 0 Å². The Hall–Kier alpha value is -2.59. The van der Waals surface area contributed by atoms with E-state index < -0.39 is 16.4 Å². The summed E-state index contributed by atoms with van der Waals surface area (Å²) in [5.74, 6) is -0.588. The minimum absolute atomic E-state index is 0.0297. The second-order valence-electron chi connectivity index (χ2n) is 7.66. The maximum Gasteiger partial charge on any atom is 0.573 e. The molecule has 0 spiro atoms. The lowest BCUT2D eigenvalue weighted by molar-refractivity contribution is -0.275. The highest BCUT2D eigenvalue weighted by molar-refractivity contribution is 7.89. The fraction of sp³-hybridized carbons (Fsp3) is 0.409. The SMILES string of the molecule is CN(Cc1ccccc1OC(F)(F)F)C(=O)CCc1ccc(S(=O)(=O)N2CCCC2)cc1. The van der Waals surface area contributed by atoms with Gasteiger partial charge in [-0.1, -0.05) is 30.3 Å². The van der Waals surface area contributed by atoms with Gasteiger partial charge in [0, 0.05) is 38.7 Å². The standard InChI is InChI=1S/C22H25F3N2O4S/c1-26(16-18-6-2-3-7-20(18)31-22(23,24)25)21(28)13-10-17-8-11-19(12-9-17)32(29,30)27-14-4-5-15-27/h2-3,6-9,11-12H,4-5,10,13-16H2,1H3. The minimum Gasteiger partial charge on any atom is -0.405 e. The summed E-state index contributed by atoms with van der Waals surface area (Å²) in [5, 5.41) is 0. The van der Waals surface area contributed by atoms with Crippen LogP contribution in [0.3, 0.4) is 0 Å². The summed E-state index contributed by atoms with van der Waals surface area (Å²) in [6, 6.07) is 12.1. The van der Waals surface area contributed by atoms with E-state index in [9.17, 15) is 26.4 Å². The highest BCUT2D eigenvalue weighted by Gasteiger charge is 2.32. The van der Waals surface area contributed by atoms with Crippen LogP contribution in [0.1, 0.15) is 30.4 Å². The molecule has 1 fully saturated rings. The van der Waals surface area contributed by atoms with Crippen LogP contribution in [0.2, 0.25) is 0 Å². The Labute approximate surface area is 185 Å². The van der Waals surface area contributed by atoms with Crippen molar-refractivity contribution in [2.45, 2.75) is 43.5 Å². The minimum atomic E-state index is -4.81. The number of carbonyl (C=O) groups is 1. The molecular formula is C22H25F3N2O4S. The molecule has 0 N–H and O–H groups in total. The molecule has 1 saturated heterocycles. The second kappa shape index (κ2) is 9.91. The summed E-state index contributed by atoms with van der Waals surface area (Å²) in [7, 11) is -1.97. The van der Waals surface area contributed by atoms with Crippen LogP contribution in [0, 0.1) is 0 Å². The molecule has 0 radical (unpaired) electrons. The van der Waals surface area contributed by atoms with Crippen molar-refractivity contribution in [3.63, 3.8) is 0 Å². The summed E-state index contributed by atoms with van der Waals surface area (Å²) in [6.07, 6.45) is -2.57. The number of aryl methyl sites for hydroxylation is 1. The molecule has 0 aromatic heterocycles. The number of para-hydroxylation sites is 1. The Morgan fingerprint density at radius 1 is 1.06 bits per heavy atom. The molecule has 1 amide bonds. The molecule has 0 bridgehead atoms. The molecule has 1 aliphatic heterocycles. The molecule has 174 valence electrons. The molecule has 1 heterocycles. The first-order chi connectivity index (χ1) is 15.1. The van der Waals surface area contributed by atoms with Gasteiger partial charge in [0.25, 0.3) is 0 Å². The highest BCUT2D eigenvalue weighted by atomic mass is 32.2. The van der Waals surface area contributed by atoms with Gasteiger partial charge in [-0.3, -0.25) is 4.79 Å². The molecule has 2 aromatic carbocycles. The monoisotopic (exact) mass is 470 g/mol. The largest absolute Gasteiger partial charge is 0.573 e. The molecule has 2 aromatic rings. The van der Waals surface area contributed by atoms with Crippen molar-refractivity contribution < 1.29 is 31.1 Å². The van der Waals surface area contributed by atoms with Gasteiger partial charge >= 0.3 is 6.36 Å². The molecule has 0 atom stereocenters. The third kappa shape index (κ3) is 6.23. The number of sulfonamides is 1. The number of carbonyl (C=O) groups excluding carboxylic acids is 1. The molecule has 0 saturated carbocycles. The van der Waals surface area contributed by atoms with E-state index in [0.29, 0.717) is 19.5 Å². The summed E-state index contributed by atoms with van der Waals surface area (Å²) < 4.78 is 68.4. The van der Waals surface area contributed by atoms with Crippen LogP contribution in [-0.4, -0.2) is 50.0 Å². The number of amides is 1. The molecule has 6 nitrogen and oxygen atoms in total. The zero-order chi connectivity index (χ0) is 23.4. The number of hydrogen-bond acceptors (Lipinski definition) is 4. The fourth-order valence-electron chi connectivity index (χ4n) is 3.55. The van der Waals surface area contributed by atoms with E-state index in [4.69, 9.17) is 0 Å². The third-order valence-corrected chi connectivity index (χ3v) is 7.20. The number of benzene rings is 2. The van der Waals surface area contributed by atoms with Crippen LogP contribution in [0.25, 0.3) is 0 Å². The summed E-state index contributed by atoms with van der Waals surface area (Å²) in [5.41, 5.74) is 1.05. The van der Waals surface area contributed by atoms with Crippen LogP contribution in [0.4, 0.5) is 13.2 Å². The average Bonchev–Trinajstić information content (AvgIpc) is 3.28. The number of hydrogen-bond donors (Lipinski definition) is 0. The van der Waals surface area contributed by atoms with E-state index in [-0.39, 0.29) is 35.1 Å². The zero-order valence-corrected chi connectivity index (χ0v) is 18.5. The first-order valence-electron chi connectivity index (χ1n) is 10.2. The van der Waals surface area contributed by atoms with Gasteiger partial charge in [-0.05, 0) is 43.0 Å². The Bertz CT molecular complexity index is 1030. The Morgan fingerprint density at radius 2 is 1.69 bits per heavy atom. The van der Waals surface area contributed by atoms with Gasteiger partial charge in [-0.2, -0.15) is 4.31 Å². The van der Waals surface area contributed by atoms with Gasteiger partial charge < -0.3 is 9.64 Å². The first-order valence-corrected chi connectivity index (χ1v) is 11.7. The van der Waals surface area contributed by atoms with Crippen LogP contribution in [0.15, 0.2) is 53.4 Å². The van der Waals surface area contributed by atoms with Gasteiger partial charge in [-0.25, -0.2) is 8.42 Å². The molecule has 3 rings (SSSR count). The van der Waals surface area contributed by atoms with E-state index in [2.05, 4.69) is 4.74 Å². The van der Waals surface area contributed by atoms with Crippen molar-refractivity contribution >= 4 is 15.9 Å². The van der Waals surface area contributed by atoms with E-state index in [0.717, 1.165) is 18.4 Å². The second-order valence-corrected chi connectivity index (χ2v) is 9.60. The molecule has 0 aliphatic carbocycles. The molecular weight excluding hydrogens is 445 g/mol. The normalized spacial score (nSPS) is 15.0.